The van der Waals surface area contributed by atoms with E-state index in [1.54, 1.807) is 4.90 Å². The molecule has 0 aliphatic carbocycles. The van der Waals surface area contributed by atoms with Gasteiger partial charge >= 0.3 is 12.0 Å². The number of hydrogen-bond donors (Lipinski definition) is 2. The van der Waals surface area contributed by atoms with E-state index >= 15 is 0 Å². The second-order valence-corrected chi connectivity index (χ2v) is 6.64. The number of nitrogens with zero attached hydrogens (tertiary/aromatic N) is 1. The van der Waals surface area contributed by atoms with E-state index in [0.29, 0.717) is 23.6 Å². The first-order valence-electron chi connectivity index (χ1n) is 6.34. The summed E-state index contributed by atoms with van der Waals surface area (Å²) in [5, 5.41) is 11.5. The van der Waals surface area contributed by atoms with Gasteiger partial charge in [-0.1, -0.05) is 13.8 Å². The smallest absolute Gasteiger partial charge is 0.324 e. The van der Waals surface area contributed by atoms with Crippen molar-refractivity contribution in [3.63, 3.8) is 0 Å². The summed E-state index contributed by atoms with van der Waals surface area (Å²) >= 11 is 1.83. The quantitative estimate of drug-likeness (QED) is 0.814. The van der Waals surface area contributed by atoms with Gasteiger partial charge in [0.25, 0.3) is 0 Å². The highest BCUT2D eigenvalue weighted by atomic mass is 32.2. The average Bonchev–Trinajstić information content (AvgIpc) is 2.26. The van der Waals surface area contributed by atoms with Gasteiger partial charge in [0.15, 0.2) is 0 Å². The van der Waals surface area contributed by atoms with Crippen molar-refractivity contribution in [3.8, 4) is 0 Å². The number of urea groups is 1. The molecule has 2 unspecified atom stereocenters. The number of carbonyl (C=O) groups excluding carboxylic acids is 2. The summed E-state index contributed by atoms with van der Waals surface area (Å²) < 4.78 is 0. The maximum Gasteiger partial charge on any atom is 0.324 e. The van der Waals surface area contributed by atoms with Crippen molar-refractivity contribution in [2.24, 2.45) is 0 Å². The van der Waals surface area contributed by atoms with Gasteiger partial charge in [0.2, 0.25) is 5.91 Å². The Balaban J connectivity index is 2.33. The van der Waals surface area contributed by atoms with E-state index in [9.17, 15) is 14.4 Å². The minimum absolute atomic E-state index is 0.0595. The second-order valence-electron chi connectivity index (χ2n) is 4.76. The fraction of sp³-hybridized carbons (Fsp3) is 0.750. The summed E-state index contributed by atoms with van der Waals surface area (Å²) in [6, 6.07) is -0.376. The van der Waals surface area contributed by atoms with Crippen molar-refractivity contribution in [3.05, 3.63) is 0 Å². The Bertz CT molecular complexity index is 352. The summed E-state index contributed by atoms with van der Waals surface area (Å²) in [7, 11) is 0. The lowest BCUT2D eigenvalue weighted by molar-refractivity contribution is -0.137. The SMILES string of the molecule is CC1CN(C(=O)NC(=O)CCCC(=O)O)CC(C)S1. The molecule has 19 heavy (non-hydrogen) atoms. The fourth-order valence-electron chi connectivity index (χ4n) is 2.00. The zero-order valence-electron chi connectivity index (χ0n) is 11.2. The van der Waals surface area contributed by atoms with Crippen LogP contribution in [0.25, 0.3) is 0 Å². The number of amides is 3. The Morgan fingerprint density at radius 2 is 1.79 bits per heavy atom. The predicted octanol–water partition coefficient (Wildman–Crippen LogP) is 1.30. The van der Waals surface area contributed by atoms with Crippen LogP contribution in [0.3, 0.4) is 0 Å². The van der Waals surface area contributed by atoms with E-state index in [1.807, 2.05) is 11.8 Å². The van der Waals surface area contributed by atoms with Crippen LogP contribution >= 0.6 is 11.8 Å². The molecule has 0 aromatic carbocycles. The van der Waals surface area contributed by atoms with Crippen molar-refractivity contribution in [1.82, 2.24) is 10.2 Å². The first kappa shape index (κ1) is 15.8. The van der Waals surface area contributed by atoms with Crippen LogP contribution in [0.2, 0.25) is 0 Å². The van der Waals surface area contributed by atoms with Crippen LogP contribution in [0.4, 0.5) is 4.79 Å². The molecule has 1 aliphatic heterocycles. The zero-order chi connectivity index (χ0) is 14.4. The Kier molecular flexibility index (Phi) is 6.14. The minimum atomic E-state index is -0.935. The molecule has 0 spiro atoms. The van der Waals surface area contributed by atoms with E-state index in [1.165, 1.54) is 0 Å². The Morgan fingerprint density at radius 1 is 1.21 bits per heavy atom. The van der Waals surface area contributed by atoms with E-state index in [-0.39, 0.29) is 25.3 Å². The monoisotopic (exact) mass is 288 g/mol. The number of hydrogen-bond acceptors (Lipinski definition) is 4. The largest absolute Gasteiger partial charge is 0.481 e. The maximum absolute atomic E-state index is 11.9. The van der Waals surface area contributed by atoms with Gasteiger partial charge in [-0.3, -0.25) is 14.9 Å². The molecule has 2 N–H and O–H groups in total. The number of thioether (sulfide) groups is 1. The molecular formula is C12H20N2O4S. The van der Waals surface area contributed by atoms with Crippen LogP contribution in [-0.2, 0) is 9.59 Å². The molecule has 1 heterocycles. The molecule has 7 heteroatoms. The molecule has 0 aromatic heterocycles. The molecule has 6 nitrogen and oxygen atoms in total. The number of rotatable bonds is 4. The van der Waals surface area contributed by atoms with Gasteiger partial charge in [0.05, 0.1) is 0 Å². The molecule has 0 aromatic rings. The molecular weight excluding hydrogens is 268 g/mol. The zero-order valence-corrected chi connectivity index (χ0v) is 12.0. The fourth-order valence-corrected chi connectivity index (χ4v) is 3.33. The lowest BCUT2D eigenvalue weighted by Crippen LogP contribution is -2.50. The first-order valence-corrected chi connectivity index (χ1v) is 7.28. The molecule has 0 radical (unpaired) electrons. The van der Waals surface area contributed by atoms with Crippen LogP contribution in [-0.4, -0.2) is 51.5 Å². The van der Waals surface area contributed by atoms with Gasteiger partial charge in [-0.05, 0) is 6.42 Å². The normalized spacial score (nSPS) is 22.9. The predicted molar refractivity (Wildman–Crippen MR) is 73.1 cm³/mol. The van der Waals surface area contributed by atoms with Gasteiger partial charge in [-0.25, -0.2) is 4.79 Å². The van der Waals surface area contributed by atoms with Crippen LogP contribution in [0.1, 0.15) is 33.1 Å². The molecule has 1 fully saturated rings. The van der Waals surface area contributed by atoms with Crippen molar-refractivity contribution in [2.75, 3.05) is 13.1 Å². The van der Waals surface area contributed by atoms with Gasteiger partial charge in [0, 0.05) is 36.4 Å². The van der Waals surface area contributed by atoms with Crippen LogP contribution in [0, 0.1) is 0 Å². The summed E-state index contributed by atoms with van der Waals surface area (Å²) in [4.78, 5) is 35.3. The Labute approximate surface area is 116 Å². The topological polar surface area (TPSA) is 86.7 Å². The molecule has 1 saturated heterocycles. The van der Waals surface area contributed by atoms with Crippen molar-refractivity contribution in [1.29, 1.82) is 0 Å². The molecule has 0 bridgehead atoms. The molecule has 1 aliphatic rings. The van der Waals surface area contributed by atoms with E-state index in [2.05, 4.69) is 19.2 Å². The standard InChI is InChI=1S/C12H20N2O4S/c1-8-6-14(7-9(2)19-8)12(18)13-10(15)4-3-5-11(16)17/h8-9H,3-7H2,1-2H3,(H,16,17)(H,13,15,18). The third-order valence-corrected chi connectivity index (χ3v) is 3.98. The lowest BCUT2D eigenvalue weighted by atomic mass is 10.2. The van der Waals surface area contributed by atoms with E-state index in [4.69, 9.17) is 5.11 Å². The van der Waals surface area contributed by atoms with Crippen LogP contribution < -0.4 is 5.32 Å². The van der Waals surface area contributed by atoms with Crippen molar-refractivity contribution >= 4 is 29.7 Å². The number of aliphatic carboxylic acids is 1. The highest BCUT2D eigenvalue weighted by Crippen LogP contribution is 2.24. The van der Waals surface area contributed by atoms with Gasteiger partial charge in [-0.15, -0.1) is 0 Å². The number of carboxylic acids is 1. The third kappa shape index (κ3) is 5.96. The third-order valence-electron chi connectivity index (χ3n) is 2.75. The minimum Gasteiger partial charge on any atom is -0.481 e. The molecule has 0 saturated carbocycles. The molecule has 2 atom stereocenters. The van der Waals surface area contributed by atoms with E-state index in [0.717, 1.165) is 0 Å². The van der Waals surface area contributed by atoms with Gasteiger partial charge < -0.3 is 10.0 Å². The summed E-state index contributed by atoms with van der Waals surface area (Å²) in [6.07, 6.45) is 0.249. The highest BCUT2D eigenvalue weighted by molar-refractivity contribution is 8.00. The second kappa shape index (κ2) is 7.37. The average molecular weight is 288 g/mol. The Hall–Kier alpha value is -1.24. The summed E-state index contributed by atoms with van der Waals surface area (Å²) in [5.74, 6) is -1.35. The number of carboxylic acid groups (broad SMARTS) is 1. The molecule has 3 amide bonds. The lowest BCUT2D eigenvalue weighted by Gasteiger charge is -2.34. The maximum atomic E-state index is 11.9. The van der Waals surface area contributed by atoms with Gasteiger partial charge in [0.1, 0.15) is 0 Å². The number of imide groups is 1. The number of carbonyl (C=O) groups is 3. The summed E-state index contributed by atoms with van der Waals surface area (Å²) in [6.45, 7) is 5.36. The van der Waals surface area contributed by atoms with Gasteiger partial charge in [-0.2, -0.15) is 11.8 Å². The van der Waals surface area contributed by atoms with Crippen LogP contribution in [0.5, 0.6) is 0 Å². The Morgan fingerprint density at radius 3 is 2.32 bits per heavy atom. The highest BCUT2D eigenvalue weighted by Gasteiger charge is 2.26. The first-order chi connectivity index (χ1) is 8.88. The molecule has 108 valence electrons. The van der Waals surface area contributed by atoms with E-state index < -0.39 is 11.9 Å². The van der Waals surface area contributed by atoms with Crippen LogP contribution in [0.15, 0.2) is 0 Å². The van der Waals surface area contributed by atoms with Crippen molar-refractivity contribution in [2.45, 2.75) is 43.6 Å². The molecule has 1 rings (SSSR count). The van der Waals surface area contributed by atoms with Crippen molar-refractivity contribution < 1.29 is 19.5 Å². The summed E-state index contributed by atoms with van der Waals surface area (Å²) in [5.41, 5.74) is 0. The number of nitrogens with one attached hydrogen (secondary N) is 1.